The maximum Gasteiger partial charge on any atom is 0.132 e. The molecule has 1 atom stereocenters. The molecule has 0 aliphatic rings. The average molecular weight is 271 g/mol. The van der Waals surface area contributed by atoms with Crippen molar-refractivity contribution in [3.8, 4) is 0 Å². The van der Waals surface area contributed by atoms with E-state index in [0.29, 0.717) is 22.2 Å². The molecule has 2 nitrogen and oxygen atoms in total. The topological polar surface area (TPSA) is 33.4 Å². The van der Waals surface area contributed by atoms with E-state index in [4.69, 9.17) is 27.6 Å². The highest BCUT2D eigenvalue weighted by Crippen LogP contribution is 2.26. The number of furan rings is 1. The van der Waals surface area contributed by atoms with Gasteiger partial charge in [0.15, 0.2) is 0 Å². The first-order valence-electron chi connectivity index (χ1n) is 5.24. The monoisotopic (exact) mass is 270 g/mol. The normalized spacial score (nSPS) is 12.7. The zero-order chi connectivity index (χ0) is 12.4. The maximum absolute atomic E-state index is 10.00. The molecule has 1 unspecified atom stereocenters. The van der Waals surface area contributed by atoms with Gasteiger partial charge in [-0.1, -0.05) is 29.3 Å². The Kier molecular flexibility index (Phi) is 3.77. The lowest BCUT2D eigenvalue weighted by atomic mass is 10.1. The lowest BCUT2D eigenvalue weighted by Gasteiger charge is -2.09. The van der Waals surface area contributed by atoms with Crippen molar-refractivity contribution in [2.45, 2.75) is 19.4 Å². The highest BCUT2D eigenvalue weighted by atomic mass is 35.5. The van der Waals surface area contributed by atoms with Crippen LogP contribution in [-0.2, 0) is 6.42 Å². The molecule has 2 rings (SSSR count). The van der Waals surface area contributed by atoms with E-state index in [2.05, 4.69) is 0 Å². The van der Waals surface area contributed by atoms with Crippen LogP contribution < -0.4 is 0 Å². The standard InChI is InChI=1S/C13H12Cl2O2/c1-8-2-5-13(17-8)12(16)6-9-3-4-10(14)7-11(9)15/h2-5,7,12,16H,6H2,1H3. The van der Waals surface area contributed by atoms with E-state index in [1.54, 1.807) is 18.2 Å². The zero-order valence-electron chi connectivity index (χ0n) is 9.28. The molecule has 1 heterocycles. The number of hydrogen-bond acceptors (Lipinski definition) is 2. The van der Waals surface area contributed by atoms with Crippen molar-refractivity contribution in [3.63, 3.8) is 0 Å². The van der Waals surface area contributed by atoms with Crippen LogP contribution in [0.25, 0.3) is 0 Å². The maximum atomic E-state index is 10.00. The number of benzene rings is 1. The molecule has 0 saturated carbocycles. The van der Waals surface area contributed by atoms with E-state index in [1.807, 2.05) is 19.1 Å². The minimum absolute atomic E-state index is 0.406. The first-order valence-corrected chi connectivity index (χ1v) is 6.00. The summed E-state index contributed by atoms with van der Waals surface area (Å²) >= 11 is 11.8. The Morgan fingerprint density at radius 1 is 1.24 bits per heavy atom. The van der Waals surface area contributed by atoms with Crippen molar-refractivity contribution in [2.24, 2.45) is 0 Å². The van der Waals surface area contributed by atoms with Crippen LogP contribution in [0.1, 0.15) is 23.2 Å². The van der Waals surface area contributed by atoms with E-state index < -0.39 is 6.10 Å². The third-order valence-electron chi connectivity index (χ3n) is 2.52. The molecule has 0 aliphatic carbocycles. The largest absolute Gasteiger partial charge is 0.464 e. The Balaban J connectivity index is 2.15. The van der Waals surface area contributed by atoms with Gasteiger partial charge in [-0.25, -0.2) is 0 Å². The lowest BCUT2D eigenvalue weighted by Crippen LogP contribution is -2.00. The summed E-state index contributed by atoms with van der Waals surface area (Å²) in [7, 11) is 0. The van der Waals surface area contributed by atoms with Crippen LogP contribution in [0, 0.1) is 6.92 Å². The van der Waals surface area contributed by atoms with Gasteiger partial charge in [-0.15, -0.1) is 0 Å². The fourth-order valence-electron chi connectivity index (χ4n) is 1.63. The Labute approximate surface area is 110 Å². The van der Waals surface area contributed by atoms with Gasteiger partial charge in [-0.2, -0.15) is 0 Å². The van der Waals surface area contributed by atoms with Crippen molar-refractivity contribution in [1.82, 2.24) is 0 Å². The molecule has 4 heteroatoms. The summed E-state index contributed by atoms with van der Waals surface area (Å²) in [6.07, 6.45) is -0.287. The van der Waals surface area contributed by atoms with Gasteiger partial charge in [0.1, 0.15) is 17.6 Å². The highest BCUT2D eigenvalue weighted by Gasteiger charge is 2.14. The summed E-state index contributed by atoms with van der Waals surface area (Å²) in [4.78, 5) is 0. The zero-order valence-corrected chi connectivity index (χ0v) is 10.8. The van der Waals surface area contributed by atoms with E-state index in [9.17, 15) is 5.11 Å². The molecule has 0 bridgehead atoms. The van der Waals surface area contributed by atoms with Crippen molar-refractivity contribution in [2.75, 3.05) is 0 Å². The lowest BCUT2D eigenvalue weighted by molar-refractivity contribution is 0.149. The second-order valence-corrected chi connectivity index (χ2v) is 4.75. The minimum atomic E-state index is -0.692. The Morgan fingerprint density at radius 3 is 2.59 bits per heavy atom. The summed E-state index contributed by atoms with van der Waals surface area (Å²) in [6.45, 7) is 1.84. The van der Waals surface area contributed by atoms with Gasteiger partial charge in [0.05, 0.1) is 0 Å². The predicted molar refractivity (Wildman–Crippen MR) is 68.6 cm³/mol. The molecule has 90 valence electrons. The van der Waals surface area contributed by atoms with Crippen LogP contribution in [0.3, 0.4) is 0 Å². The van der Waals surface area contributed by atoms with Gasteiger partial charge in [0, 0.05) is 16.5 Å². The van der Waals surface area contributed by atoms with Gasteiger partial charge in [-0.05, 0) is 36.8 Å². The van der Waals surface area contributed by atoms with Crippen LogP contribution in [-0.4, -0.2) is 5.11 Å². The van der Waals surface area contributed by atoms with E-state index in [0.717, 1.165) is 11.3 Å². The molecule has 0 fully saturated rings. The van der Waals surface area contributed by atoms with Gasteiger partial charge in [0.25, 0.3) is 0 Å². The second-order valence-electron chi connectivity index (χ2n) is 3.90. The molecule has 1 aromatic heterocycles. The van der Waals surface area contributed by atoms with Crippen LogP contribution in [0.2, 0.25) is 10.0 Å². The number of aliphatic hydroxyl groups excluding tert-OH is 1. The summed E-state index contributed by atoms with van der Waals surface area (Å²) < 4.78 is 5.36. The number of hydrogen-bond donors (Lipinski definition) is 1. The van der Waals surface area contributed by atoms with E-state index >= 15 is 0 Å². The smallest absolute Gasteiger partial charge is 0.132 e. The van der Waals surface area contributed by atoms with E-state index in [-0.39, 0.29) is 0 Å². The molecule has 1 N–H and O–H groups in total. The molecular weight excluding hydrogens is 259 g/mol. The number of aryl methyl sites for hydroxylation is 1. The Morgan fingerprint density at radius 2 is 2.00 bits per heavy atom. The Hall–Kier alpha value is -0.960. The number of rotatable bonds is 3. The summed E-state index contributed by atoms with van der Waals surface area (Å²) in [5.41, 5.74) is 0.845. The summed E-state index contributed by atoms with van der Waals surface area (Å²) in [5, 5.41) is 11.1. The van der Waals surface area contributed by atoms with Crippen molar-refractivity contribution < 1.29 is 9.52 Å². The molecular formula is C13H12Cl2O2. The molecule has 0 spiro atoms. The minimum Gasteiger partial charge on any atom is -0.464 e. The van der Waals surface area contributed by atoms with Crippen LogP contribution in [0.15, 0.2) is 34.7 Å². The van der Waals surface area contributed by atoms with Crippen molar-refractivity contribution in [3.05, 3.63) is 57.5 Å². The molecule has 0 radical (unpaired) electrons. The van der Waals surface area contributed by atoms with Crippen LogP contribution in [0.5, 0.6) is 0 Å². The molecule has 17 heavy (non-hydrogen) atoms. The van der Waals surface area contributed by atoms with Gasteiger partial charge < -0.3 is 9.52 Å². The van der Waals surface area contributed by atoms with Gasteiger partial charge >= 0.3 is 0 Å². The SMILES string of the molecule is Cc1ccc(C(O)Cc2ccc(Cl)cc2Cl)o1. The van der Waals surface area contributed by atoms with Crippen molar-refractivity contribution in [1.29, 1.82) is 0 Å². The predicted octanol–water partition coefficient (Wildman–Crippen LogP) is 4.17. The fraction of sp³-hybridized carbons (Fsp3) is 0.231. The third-order valence-corrected chi connectivity index (χ3v) is 3.10. The number of halogens is 2. The molecule has 0 aliphatic heterocycles. The summed E-state index contributed by atoms with van der Waals surface area (Å²) in [5.74, 6) is 1.33. The number of aliphatic hydroxyl groups is 1. The molecule has 0 amide bonds. The van der Waals surface area contributed by atoms with E-state index in [1.165, 1.54) is 0 Å². The van der Waals surface area contributed by atoms with Crippen molar-refractivity contribution >= 4 is 23.2 Å². The van der Waals surface area contributed by atoms with Gasteiger partial charge in [-0.3, -0.25) is 0 Å². The fourth-order valence-corrected chi connectivity index (χ4v) is 2.11. The third kappa shape index (κ3) is 3.03. The Bertz CT molecular complexity index is 520. The van der Waals surface area contributed by atoms with Crippen LogP contribution in [0.4, 0.5) is 0 Å². The molecule has 1 aromatic carbocycles. The second kappa shape index (κ2) is 5.13. The quantitative estimate of drug-likeness (QED) is 0.908. The average Bonchev–Trinajstić information content (AvgIpc) is 2.69. The molecule has 2 aromatic rings. The highest BCUT2D eigenvalue weighted by molar-refractivity contribution is 6.35. The molecule has 0 saturated heterocycles. The first kappa shape index (κ1) is 12.5. The van der Waals surface area contributed by atoms with Crippen LogP contribution >= 0.6 is 23.2 Å². The summed E-state index contributed by atoms with van der Waals surface area (Å²) in [6, 6.07) is 8.82. The first-order chi connectivity index (χ1) is 8.06. The van der Waals surface area contributed by atoms with Gasteiger partial charge in [0.2, 0.25) is 0 Å².